The van der Waals surface area contributed by atoms with Gasteiger partial charge in [0.25, 0.3) is 5.91 Å². The van der Waals surface area contributed by atoms with Crippen molar-refractivity contribution in [3.05, 3.63) is 60.2 Å². The summed E-state index contributed by atoms with van der Waals surface area (Å²) in [5.41, 5.74) is 1.02. The molecule has 0 aromatic heterocycles. The molecule has 2 aromatic carbocycles. The van der Waals surface area contributed by atoms with Crippen molar-refractivity contribution < 1.29 is 18.5 Å². The van der Waals surface area contributed by atoms with Crippen LogP contribution in [0.2, 0.25) is 0 Å². The van der Waals surface area contributed by atoms with Gasteiger partial charge in [-0.05, 0) is 24.6 Å². The fourth-order valence-electron chi connectivity index (χ4n) is 3.70. The minimum Gasteiger partial charge on any atom is -0.491 e. The number of fused-ring (bicyclic) bond motifs is 1. The van der Waals surface area contributed by atoms with Crippen molar-refractivity contribution in [1.82, 2.24) is 4.90 Å². The molecule has 0 N–H and O–H groups in total. The molecule has 6 nitrogen and oxygen atoms in total. The van der Waals surface area contributed by atoms with E-state index in [0.29, 0.717) is 17.2 Å². The van der Waals surface area contributed by atoms with Crippen molar-refractivity contribution in [1.29, 1.82) is 0 Å². The summed E-state index contributed by atoms with van der Waals surface area (Å²) in [5, 5.41) is 0. The number of para-hydroxylation sites is 1. The number of benzene rings is 2. The summed E-state index contributed by atoms with van der Waals surface area (Å²) >= 11 is 0. The molecule has 0 bridgehead atoms. The maximum atomic E-state index is 13.3. The number of carbonyl (C=O) groups is 2. The van der Waals surface area contributed by atoms with E-state index in [1.807, 2.05) is 37.3 Å². The van der Waals surface area contributed by atoms with Gasteiger partial charge in [0.2, 0.25) is 5.91 Å². The van der Waals surface area contributed by atoms with E-state index in [1.54, 1.807) is 29.2 Å². The Hall–Kier alpha value is -2.67. The van der Waals surface area contributed by atoms with Gasteiger partial charge in [0.15, 0.2) is 0 Å². The van der Waals surface area contributed by atoms with Crippen LogP contribution in [-0.2, 0) is 19.3 Å². The van der Waals surface area contributed by atoms with Crippen LogP contribution in [0.5, 0.6) is 5.75 Å². The van der Waals surface area contributed by atoms with Gasteiger partial charge in [-0.25, -0.2) is 4.21 Å². The molecular formula is C21H22N2O4S. The molecule has 1 fully saturated rings. The summed E-state index contributed by atoms with van der Waals surface area (Å²) < 4.78 is 23.0. The summed E-state index contributed by atoms with van der Waals surface area (Å²) in [6, 6.07) is 16.6. The zero-order chi connectivity index (χ0) is 19.7. The van der Waals surface area contributed by atoms with Crippen LogP contribution < -0.4 is 4.74 Å². The molecule has 0 radical (unpaired) electrons. The number of carbonyl (C=O) groups excluding carboxylic acids is 2. The Morgan fingerprint density at radius 2 is 1.89 bits per heavy atom. The van der Waals surface area contributed by atoms with Gasteiger partial charge in [-0.3, -0.25) is 9.59 Å². The van der Waals surface area contributed by atoms with Crippen LogP contribution in [0.4, 0.5) is 0 Å². The van der Waals surface area contributed by atoms with Crippen molar-refractivity contribution in [2.45, 2.75) is 24.3 Å². The first-order chi connectivity index (χ1) is 13.5. The highest BCUT2D eigenvalue weighted by Gasteiger charge is 2.38. The van der Waals surface area contributed by atoms with E-state index in [9.17, 15) is 13.8 Å². The third kappa shape index (κ3) is 3.42. The lowest BCUT2D eigenvalue weighted by Gasteiger charge is -2.25. The van der Waals surface area contributed by atoms with Crippen molar-refractivity contribution in [2.24, 2.45) is 10.3 Å². The second kappa shape index (κ2) is 7.39. The summed E-state index contributed by atoms with van der Waals surface area (Å²) in [4.78, 5) is 27.5. The van der Waals surface area contributed by atoms with Gasteiger partial charge in [0.05, 0.1) is 32.3 Å². The smallest absolute Gasteiger partial charge is 0.259 e. The predicted octanol–water partition coefficient (Wildman–Crippen LogP) is 3.04. The minimum absolute atomic E-state index is 0.0766. The molecule has 3 unspecified atom stereocenters. The van der Waals surface area contributed by atoms with E-state index in [-0.39, 0.29) is 30.7 Å². The molecule has 4 rings (SSSR count). The molecule has 2 heterocycles. The topological polar surface area (TPSA) is 76.0 Å². The van der Waals surface area contributed by atoms with Crippen LogP contribution in [0.15, 0.2) is 63.9 Å². The van der Waals surface area contributed by atoms with Gasteiger partial charge in [-0.2, -0.15) is 4.36 Å². The summed E-state index contributed by atoms with van der Waals surface area (Å²) in [6.07, 6.45) is 0.104. The largest absolute Gasteiger partial charge is 0.491 e. The average molecular weight is 398 g/mol. The summed E-state index contributed by atoms with van der Waals surface area (Å²) in [7, 11) is -2.87. The maximum Gasteiger partial charge on any atom is 0.259 e. The van der Waals surface area contributed by atoms with Crippen molar-refractivity contribution in [3.63, 3.8) is 0 Å². The van der Waals surface area contributed by atoms with Gasteiger partial charge in [0, 0.05) is 13.0 Å². The van der Waals surface area contributed by atoms with Gasteiger partial charge in [0.1, 0.15) is 12.4 Å². The summed E-state index contributed by atoms with van der Waals surface area (Å²) in [5.74, 6) is -0.408. The molecule has 2 amide bonds. The van der Waals surface area contributed by atoms with Crippen molar-refractivity contribution in [2.75, 3.05) is 18.9 Å². The Morgan fingerprint density at radius 1 is 1.18 bits per heavy atom. The van der Waals surface area contributed by atoms with E-state index in [0.717, 1.165) is 5.56 Å². The quantitative estimate of drug-likeness (QED) is 0.796. The Morgan fingerprint density at radius 3 is 2.68 bits per heavy atom. The number of likely N-dealkylation sites (tertiary alicyclic amines) is 1. The normalized spacial score (nSPS) is 25.0. The Labute approximate surface area is 164 Å². The van der Waals surface area contributed by atoms with E-state index < -0.39 is 21.6 Å². The van der Waals surface area contributed by atoms with Crippen molar-refractivity contribution in [3.8, 4) is 5.75 Å². The third-order valence-electron chi connectivity index (χ3n) is 5.30. The zero-order valence-corrected chi connectivity index (χ0v) is 16.4. The minimum atomic E-state index is -2.87. The first kappa shape index (κ1) is 18.7. The number of rotatable bonds is 3. The van der Waals surface area contributed by atoms with Crippen LogP contribution in [0.3, 0.4) is 0 Å². The van der Waals surface area contributed by atoms with E-state index >= 15 is 0 Å². The number of ether oxygens (including phenoxy) is 1. The average Bonchev–Trinajstić information content (AvgIpc) is 3.10. The molecule has 0 saturated carbocycles. The standard InChI is InChI=1S/C21H22N2O4S/c1-15(16-7-3-2-4-8-16)23-14-17(13-20(23)24)21(25)22-28(26)12-11-27-18-9-5-6-10-19(18)28/h2-10,15,17H,11-14H2,1H3. The molecule has 2 aliphatic rings. The fraction of sp³-hybridized carbons (Fsp3) is 0.333. The molecule has 1 saturated heterocycles. The molecule has 7 heteroatoms. The van der Waals surface area contributed by atoms with Gasteiger partial charge >= 0.3 is 0 Å². The van der Waals surface area contributed by atoms with E-state index in [2.05, 4.69) is 4.36 Å². The van der Waals surface area contributed by atoms with E-state index in [1.165, 1.54) is 0 Å². The van der Waals surface area contributed by atoms with Gasteiger partial charge in [-0.1, -0.05) is 42.5 Å². The van der Waals surface area contributed by atoms with Crippen molar-refractivity contribution >= 4 is 21.5 Å². The number of amides is 2. The fourth-order valence-corrected chi connectivity index (χ4v) is 5.60. The molecule has 3 atom stereocenters. The zero-order valence-electron chi connectivity index (χ0n) is 15.6. The van der Waals surface area contributed by atoms with Crippen LogP contribution in [-0.4, -0.2) is 39.8 Å². The highest BCUT2D eigenvalue weighted by molar-refractivity contribution is 7.94. The highest BCUT2D eigenvalue weighted by Crippen LogP contribution is 2.32. The van der Waals surface area contributed by atoms with Crippen LogP contribution in [0.1, 0.15) is 24.9 Å². The molecule has 2 aromatic rings. The van der Waals surface area contributed by atoms with Crippen LogP contribution in [0, 0.1) is 5.92 Å². The Balaban J connectivity index is 1.56. The lowest BCUT2D eigenvalue weighted by molar-refractivity contribution is -0.130. The molecule has 146 valence electrons. The lowest BCUT2D eigenvalue weighted by atomic mass is 10.1. The highest BCUT2D eigenvalue weighted by atomic mass is 32.2. The predicted molar refractivity (Wildman–Crippen MR) is 105 cm³/mol. The maximum absolute atomic E-state index is 13.3. The van der Waals surface area contributed by atoms with E-state index in [4.69, 9.17) is 4.74 Å². The first-order valence-corrected chi connectivity index (χ1v) is 11.0. The Bertz CT molecular complexity index is 1030. The number of nitrogens with zero attached hydrogens (tertiary/aromatic N) is 2. The molecule has 2 aliphatic heterocycles. The second-order valence-electron chi connectivity index (χ2n) is 7.10. The second-order valence-corrected chi connectivity index (χ2v) is 9.41. The monoisotopic (exact) mass is 398 g/mol. The number of hydrogen-bond donors (Lipinski definition) is 0. The lowest BCUT2D eigenvalue weighted by Crippen LogP contribution is -2.29. The number of hydrogen-bond acceptors (Lipinski definition) is 4. The molecular weight excluding hydrogens is 376 g/mol. The van der Waals surface area contributed by atoms with Gasteiger partial charge in [-0.15, -0.1) is 0 Å². The SMILES string of the molecule is CC(c1ccccc1)N1CC(C(=O)N=S2(=O)CCOc3ccccc32)CC1=O. The van der Waals surface area contributed by atoms with Crippen LogP contribution in [0.25, 0.3) is 0 Å². The van der Waals surface area contributed by atoms with Gasteiger partial charge < -0.3 is 9.64 Å². The molecule has 28 heavy (non-hydrogen) atoms. The molecule has 0 spiro atoms. The summed E-state index contributed by atoms with van der Waals surface area (Å²) in [6.45, 7) is 2.50. The Kier molecular flexibility index (Phi) is 4.93. The first-order valence-electron chi connectivity index (χ1n) is 9.33. The molecule has 0 aliphatic carbocycles. The third-order valence-corrected chi connectivity index (χ3v) is 7.52. The van der Waals surface area contributed by atoms with Crippen LogP contribution >= 0.6 is 0 Å².